The highest BCUT2D eigenvalue weighted by atomic mass is 32.1. The lowest BCUT2D eigenvalue weighted by molar-refractivity contribution is -0.143. The number of likely N-dealkylation sites (tertiary alicyclic amines) is 1. The molecule has 1 fully saturated rings. The van der Waals surface area contributed by atoms with Gasteiger partial charge in [-0.05, 0) is 83.8 Å². The molecule has 1 saturated heterocycles. The highest BCUT2D eigenvalue weighted by Crippen LogP contribution is 2.28. The zero-order valence-corrected chi connectivity index (χ0v) is 23.6. The number of carbonyl (C=O) groups is 4. The molecule has 0 spiro atoms. The lowest BCUT2D eigenvalue weighted by atomic mass is 10.1. The van der Waals surface area contributed by atoms with Crippen molar-refractivity contribution in [3.8, 4) is 0 Å². The van der Waals surface area contributed by atoms with Crippen LogP contribution in [0.3, 0.4) is 0 Å². The molecule has 0 bridgehead atoms. The molecule has 0 aliphatic carbocycles. The Kier molecular flexibility index (Phi) is 12.3. The van der Waals surface area contributed by atoms with Gasteiger partial charge in [0.25, 0.3) is 5.91 Å². The molecule has 1 aromatic heterocycles. The van der Waals surface area contributed by atoms with Gasteiger partial charge in [-0.1, -0.05) is 12.8 Å². The molecule has 2 heterocycles. The van der Waals surface area contributed by atoms with Crippen LogP contribution in [0.2, 0.25) is 0 Å². The Labute approximate surface area is 223 Å². The topological polar surface area (TPSA) is 126 Å². The van der Waals surface area contributed by atoms with E-state index in [1.807, 2.05) is 12.3 Å². The summed E-state index contributed by atoms with van der Waals surface area (Å²) in [6.07, 6.45) is 5.56. The SMILES string of the molecule is COC(=O)[C@H](CCCCNC(=O)OC(C)(C)C)NC(=O)c1scc(C)c1NC(=O)CN1CCCCCC1. The van der Waals surface area contributed by atoms with Gasteiger partial charge in [0, 0.05) is 6.54 Å². The van der Waals surface area contributed by atoms with E-state index in [1.165, 1.54) is 31.3 Å². The average molecular weight is 539 g/mol. The molecular formula is C26H42N4O6S. The minimum atomic E-state index is -0.845. The fourth-order valence-electron chi connectivity index (χ4n) is 4.04. The van der Waals surface area contributed by atoms with Gasteiger partial charge >= 0.3 is 12.1 Å². The second-order valence-corrected chi connectivity index (χ2v) is 11.2. The monoisotopic (exact) mass is 538 g/mol. The summed E-state index contributed by atoms with van der Waals surface area (Å²) in [6.45, 7) is 9.68. The van der Waals surface area contributed by atoms with E-state index in [2.05, 4.69) is 20.9 Å². The van der Waals surface area contributed by atoms with Crippen molar-refractivity contribution < 1.29 is 28.7 Å². The summed E-state index contributed by atoms with van der Waals surface area (Å²) in [5.74, 6) is -1.14. The third-order valence-electron chi connectivity index (χ3n) is 5.89. The van der Waals surface area contributed by atoms with Crippen LogP contribution in [-0.2, 0) is 19.1 Å². The van der Waals surface area contributed by atoms with E-state index < -0.39 is 29.6 Å². The first-order chi connectivity index (χ1) is 17.5. The van der Waals surface area contributed by atoms with E-state index in [0.717, 1.165) is 31.5 Å². The highest BCUT2D eigenvalue weighted by Gasteiger charge is 2.26. The van der Waals surface area contributed by atoms with Crippen LogP contribution in [0.4, 0.5) is 10.5 Å². The molecule has 10 nitrogen and oxygen atoms in total. The van der Waals surface area contributed by atoms with Crippen molar-refractivity contribution in [2.45, 2.75) is 84.3 Å². The van der Waals surface area contributed by atoms with Gasteiger partial charge in [-0.2, -0.15) is 0 Å². The molecule has 1 aliphatic heterocycles. The second-order valence-electron chi connectivity index (χ2n) is 10.3. The lowest BCUT2D eigenvalue weighted by Crippen LogP contribution is -2.41. The first-order valence-electron chi connectivity index (χ1n) is 13.0. The number of alkyl carbamates (subject to hydrolysis) is 1. The van der Waals surface area contributed by atoms with E-state index >= 15 is 0 Å². The number of thiophene rings is 1. The van der Waals surface area contributed by atoms with Crippen LogP contribution in [0.5, 0.6) is 0 Å². The van der Waals surface area contributed by atoms with Gasteiger partial charge in [-0.3, -0.25) is 14.5 Å². The summed E-state index contributed by atoms with van der Waals surface area (Å²) in [5, 5.41) is 10.2. The summed E-state index contributed by atoms with van der Waals surface area (Å²) >= 11 is 1.22. The zero-order chi connectivity index (χ0) is 27.4. The molecule has 37 heavy (non-hydrogen) atoms. The molecule has 0 unspecified atom stereocenters. The summed E-state index contributed by atoms with van der Waals surface area (Å²) in [7, 11) is 1.27. The molecule has 208 valence electrons. The van der Waals surface area contributed by atoms with Crippen LogP contribution < -0.4 is 16.0 Å². The number of nitrogens with one attached hydrogen (secondary N) is 3. The van der Waals surface area contributed by atoms with E-state index in [-0.39, 0.29) is 5.91 Å². The molecular weight excluding hydrogens is 496 g/mol. The van der Waals surface area contributed by atoms with E-state index in [4.69, 9.17) is 9.47 Å². The molecule has 0 radical (unpaired) electrons. The Morgan fingerprint density at radius 3 is 2.38 bits per heavy atom. The molecule has 0 aromatic carbocycles. The zero-order valence-electron chi connectivity index (χ0n) is 22.7. The maximum absolute atomic E-state index is 13.1. The number of unbranched alkanes of at least 4 members (excludes halogenated alkanes) is 1. The maximum atomic E-state index is 13.1. The average Bonchev–Trinajstić information content (AvgIpc) is 3.00. The third-order valence-corrected chi connectivity index (χ3v) is 6.99. The summed E-state index contributed by atoms with van der Waals surface area (Å²) in [6, 6.07) is -0.845. The van der Waals surface area contributed by atoms with Crippen molar-refractivity contribution in [2.75, 3.05) is 38.6 Å². The number of hydrogen-bond acceptors (Lipinski definition) is 8. The predicted octanol–water partition coefficient (Wildman–Crippen LogP) is 3.84. The van der Waals surface area contributed by atoms with Crippen LogP contribution in [0, 0.1) is 6.92 Å². The minimum absolute atomic E-state index is 0.153. The van der Waals surface area contributed by atoms with Crippen LogP contribution in [0.25, 0.3) is 0 Å². The Hall–Kier alpha value is -2.66. The predicted molar refractivity (Wildman–Crippen MR) is 144 cm³/mol. The fourth-order valence-corrected chi connectivity index (χ4v) is 4.94. The summed E-state index contributed by atoms with van der Waals surface area (Å²) < 4.78 is 10.1. The highest BCUT2D eigenvalue weighted by molar-refractivity contribution is 7.13. The first kappa shape index (κ1) is 30.6. The van der Waals surface area contributed by atoms with E-state index in [1.54, 1.807) is 20.8 Å². The Morgan fingerprint density at radius 1 is 1.08 bits per heavy atom. The number of rotatable bonds is 11. The summed E-state index contributed by atoms with van der Waals surface area (Å²) in [5.41, 5.74) is 0.699. The number of amides is 3. The number of methoxy groups -OCH3 is 1. The van der Waals surface area contributed by atoms with Crippen molar-refractivity contribution in [3.05, 3.63) is 15.8 Å². The first-order valence-corrected chi connectivity index (χ1v) is 13.8. The van der Waals surface area contributed by atoms with Crippen molar-refractivity contribution in [2.24, 2.45) is 0 Å². The number of esters is 1. The van der Waals surface area contributed by atoms with Crippen molar-refractivity contribution >= 4 is 40.9 Å². The van der Waals surface area contributed by atoms with Crippen molar-refractivity contribution in [3.63, 3.8) is 0 Å². The van der Waals surface area contributed by atoms with Crippen molar-refractivity contribution in [1.82, 2.24) is 15.5 Å². The standard InChI is InChI=1S/C26H42N4O6S/c1-18-17-37-22(21(18)29-20(31)16-30-14-10-6-7-11-15-30)23(32)28-19(24(33)35-5)12-8-9-13-27-25(34)36-26(2,3)4/h17,19H,6-16H2,1-5H3,(H,27,34)(H,28,32)(H,29,31)/t19-/m0/s1. The molecule has 1 aliphatic rings. The van der Waals surface area contributed by atoms with Gasteiger partial charge < -0.3 is 25.4 Å². The van der Waals surface area contributed by atoms with Gasteiger partial charge in [-0.25, -0.2) is 9.59 Å². The van der Waals surface area contributed by atoms with Crippen molar-refractivity contribution in [1.29, 1.82) is 0 Å². The van der Waals surface area contributed by atoms with Gasteiger partial charge in [0.15, 0.2) is 0 Å². The number of anilines is 1. The molecule has 1 aromatic rings. The molecule has 2 rings (SSSR count). The van der Waals surface area contributed by atoms with Crippen LogP contribution in [0.1, 0.15) is 81.0 Å². The van der Waals surface area contributed by atoms with Crippen LogP contribution >= 0.6 is 11.3 Å². The van der Waals surface area contributed by atoms with Gasteiger partial charge in [0.1, 0.15) is 16.5 Å². The quantitative estimate of drug-likeness (QED) is 0.289. The number of carbonyl (C=O) groups excluding carboxylic acids is 4. The van der Waals surface area contributed by atoms with Gasteiger partial charge in [0.2, 0.25) is 5.91 Å². The molecule has 0 saturated carbocycles. The Balaban J connectivity index is 1.91. The second kappa shape index (κ2) is 14.9. The number of nitrogens with zero attached hydrogens (tertiary/aromatic N) is 1. The van der Waals surface area contributed by atoms with Crippen LogP contribution in [-0.4, -0.2) is 73.7 Å². The maximum Gasteiger partial charge on any atom is 0.407 e. The Morgan fingerprint density at radius 2 is 1.76 bits per heavy atom. The normalized spacial score (nSPS) is 15.3. The number of ether oxygens (including phenoxy) is 2. The number of aryl methyl sites for hydroxylation is 1. The van der Waals surface area contributed by atoms with E-state index in [9.17, 15) is 19.2 Å². The summed E-state index contributed by atoms with van der Waals surface area (Å²) in [4.78, 5) is 52.4. The molecule has 1 atom stereocenters. The molecule has 11 heteroatoms. The fraction of sp³-hybridized carbons (Fsp3) is 0.692. The largest absolute Gasteiger partial charge is 0.467 e. The molecule has 3 amide bonds. The van der Waals surface area contributed by atoms with Gasteiger partial charge in [0.05, 0.1) is 19.3 Å². The van der Waals surface area contributed by atoms with E-state index in [0.29, 0.717) is 42.9 Å². The van der Waals surface area contributed by atoms with Gasteiger partial charge in [-0.15, -0.1) is 11.3 Å². The Bertz CT molecular complexity index is 919. The smallest absolute Gasteiger partial charge is 0.407 e. The van der Waals surface area contributed by atoms with Crippen LogP contribution in [0.15, 0.2) is 5.38 Å². The molecule has 3 N–H and O–H groups in total. The third kappa shape index (κ3) is 11.1. The lowest BCUT2D eigenvalue weighted by Gasteiger charge is -2.20. The number of hydrogen-bond donors (Lipinski definition) is 3. The minimum Gasteiger partial charge on any atom is -0.467 e.